The molecule has 6 aromatic rings. The van der Waals surface area contributed by atoms with E-state index in [0.717, 1.165) is 11.4 Å². The summed E-state index contributed by atoms with van der Waals surface area (Å²) in [6.45, 7) is 11.6. The Bertz CT molecular complexity index is 2110. The molecule has 0 unspecified atom stereocenters. The Morgan fingerprint density at radius 3 is 1.67 bits per heavy atom. The first-order chi connectivity index (χ1) is 20.7. The van der Waals surface area contributed by atoms with Crippen LogP contribution in [0.25, 0.3) is 33.0 Å². The second-order valence-electron chi connectivity index (χ2n) is 13.3. The molecular weight excluding hydrogens is 520 g/mol. The summed E-state index contributed by atoms with van der Waals surface area (Å²) in [4.78, 5) is 2.47. The third kappa shape index (κ3) is 3.59. The van der Waals surface area contributed by atoms with Crippen molar-refractivity contribution in [3.05, 3.63) is 143 Å². The summed E-state index contributed by atoms with van der Waals surface area (Å²) in [7, 11) is 0. The van der Waals surface area contributed by atoms with Crippen LogP contribution in [0.2, 0.25) is 0 Å². The molecule has 43 heavy (non-hydrogen) atoms. The molecule has 0 atom stereocenters. The predicted octanol–water partition coefficient (Wildman–Crippen LogP) is 10.8. The number of fused-ring (bicyclic) bond motifs is 7. The monoisotopic (exact) mass is 556 g/mol. The maximum atomic E-state index is 6.27. The van der Waals surface area contributed by atoms with Crippen LogP contribution in [-0.2, 0) is 10.8 Å². The van der Waals surface area contributed by atoms with E-state index in [9.17, 15) is 0 Å². The van der Waals surface area contributed by atoms with Crippen molar-refractivity contribution in [3.63, 3.8) is 0 Å². The number of hydrogen-bond donors (Lipinski definition) is 1. The molecule has 0 heterocycles. The minimum atomic E-state index is -0.154. The minimum Gasteiger partial charge on any atom is -0.399 e. The third-order valence-electron chi connectivity index (χ3n) is 10.1. The highest BCUT2D eigenvalue weighted by atomic mass is 15.1. The van der Waals surface area contributed by atoms with E-state index >= 15 is 0 Å². The molecule has 0 aromatic heterocycles. The molecule has 0 saturated heterocycles. The minimum absolute atomic E-state index is 0.0789. The molecule has 8 rings (SSSR count). The van der Waals surface area contributed by atoms with Gasteiger partial charge < -0.3 is 10.6 Å². The van der Waals surface area contributed by atoms with E-state index < -0.39 is 0 Å². The Hall–Kier alpha value is -4.82. The maximum Gasteiger partial charge on any atom is 0.0540 e. The van der Waals surface area contributed by atoms with Crippen molar-refractivity contribution in [1.82, 2.24) is 0 Å². The Morgan fingerprint density at radius 1 is 0.488 bits per heavy atom. The average Bonchev–Trinajstić information content (AvgIpc) is 3.37. The van der Waals surface area contributed by atoms with Gasteiger partial charge in [0.05, 0.1) is 5.69 Å². The zero-order chi connectivity index (χ0) is 29.7. The van der Waals surface area contributed by atoms with Crippen molar-refractivity contribution in [3.8, 4) is 22.3 Å². The molecular formula is C41H36N2. The summed E-state index contributed by atoms with van der Waals surface area (Å²) in [5.41, 5.74) is 22.3. The van der Waals surface area contributed by atoms with E-state index in [4.69, 9.17) is 5.73 Å². The average molecular weight is 557 g/mol. The lowest BCUT2D eigenvalue weighted by Crippen LogP contribution is -2.18. The molecule has 2 nitrogen and oxygen atoms in total. The third-order valence-corrected chi connectivity index (χ3v) is 10.1. The van der Waals surface area contributed by atoms with Crippen LogP contribution in [0.3, 0.4) is 0 Å². The predicted molar refractivity (Wildman–Crippen MR) is 183 cm³/mol. The topological polar surface area (TPSA) is 29.3 Å². The summed E-state index contributed by atoms with van der Waals surface area (Å²) in [5, 5.41) is 2.53. The van der Waals surface area contributed by atoms with Crippen molar-refractivity contribution in [2.75, 3.05) is 10.6 Å². The Balaban J connectivity index is 1.38. The van der Waals surface area contributed by atoms with Crippen molar-refractivity contribution >= 4 is 33.5 Å². The fraction of sp³-hybridized carbons (Fsp3) is 0.171. The van der Waals surface area contributed by atoms with Crippen LogP contribution in [-0.4, -0.2) is 0 Å². The second-order valence-corrected chi connectivity index (χ2v) is 13.3. The summed E-state index contributed by atoms with van der Waals surface area (Å²) in [5.74, 6) is 0. The van der Waals surface area contributed by atoms with Gasteiger partial charge in [0.1, 0.15) is 0 Å². The lowest BCUT2D eigenvalue weighted by molar-refractivity contribution is 0.660. The molecule has 0 saturated carbocycles. The van der Waals surface area contributed by atoms with Gasteiger partial charge in [-0.15, -0.1) is 0 Å². The zero-order valence-corrected chi connectivity index (χ0v) is 25.5. The number of nitrogens with two attached hydrogens (primary N) is 1. The van der Waals surface area contributed by atoms with Crippen LogP contribution >= 0.6 is 0 Å². The van der Waals surface area contributed by atoms with E-state index in [0.29, 0.717) is 0 Å². The van der Waals surface area contributed by atoms with Crippen LogP contribution in [0.4, 0.5) is 22.7 Å². The fourth-order valence-corrected chi connectivity index (χ4v) is 7.77. The molecule has 210 valence electrons. The Kier molecular flexibility index (Phi) is 5.32. The fourth-order valence-electron chi connectivity index (χ4n) is 7.77. The molecule has 2 aliphatic rings. The molecule has 0 spiro atoms. The normalized spacial score (nSPS) is 15.1. The highest BCUT2D eigenvalue weighted by Gasteiger charge is 2.38. The largest absolute Gasteiger partial charge is 0.399 e. The quantitative estimate of drug-likeness (QED) is 0.220. The van der Waals surface area contributed by atoms with Gasteiger partial charge in [0.25, 0.3) is 0 Å². The summed E-state index contributed by atoms with van der Waals surface area (Å²) >= 11 is 0. The molecule has 2 N–H and O–H groups in total. The van der Waals surface area contributed by atoms with Gasteiger partial charge in [-0.3, -0.25) is 0 Å². The first-order valence-corrected chi connectivity index (χ1v) is 15.2. The van der Waals surface area contributed by atoms with Crippen LogP contribution in [0.15, 0.2) is 115 Å². The van der Waals surface area contributed by atoms with Crippen LogP contribution in [0, 0.1) is 6.92 Å². The molecule has 2 aliphatic carbocycles. The number of anilines is 4. The van der Waals surface area contributed by atoms with E-state index in [1.54, 1.807) is 0 Å². The van der Waals surface area contributed by atoms with Crippen molar-refractivity contribution in [2.45, 2.75) is 45.4 Å². The molecule has 2 heteroatoms. The number of benzene rings is 6. The SMILES string of the molecule is Cc1ccc(N(c2ccc3c(c2)C(C)(C)c2ccccc2-3)c2ccc3c(c2)C(C)(C)c2cc(N)ccc2-3)c2ccccc12. The van der Waals surface area contributed by atoms with Gasteiger partial charge >= 0.3 is 0 Å². The number of hydrogen-bond acceptors (Lipinski definition) is 2. The van der Waals surface area contributed by atoms with E-state index in [1.807, 2.05) is 6.07 Å². The van der Waals surface area contributed by atoms with Gasteiger partial charge in [-0.1, -0.05) is 100 Å². The highest BCUT2D eigenvalue weighted by molar-refractivity contribution is 6.01. The number of nitrogens with zero attached hydrogens (tertiary/aromatic N) is 1. The second kappa shape index (κ2) is 8.84. The standard InChI is InChI=1S/C41H36N2/c1-25-14-21-39(34-12-7-6-10-29(25)34)43(27-16-19-32-30-11-8-9-13-35(30)40(2,3)37(32)23-27)28-17-20-33-31-18-15-26(42)22-36(31)41(4,5)38(33)24-28/h6-24H,42H2,1-5H3. The number of rotatable bonds is 3. The zero-order valence-electron chi connectivity index (χ0n) is 25.5. The molecule has 0 radical (unpaired) electrons. The van der Waals surface area contributed by atoms with Crippen molar-refractivity contribution in [1.29, 1.82) is 0 Å². The van der Waals surface area contributed by atoms with Gasteiger partial charge in [0.15, 0.2) is 0 Å². The van der Waals surface area contributed by atoms with Gasteiger partial charge in [0.2, 0.25) is 0 Å². The first-order valence-electron chi connectivity index (χ1n) is 15.2. The van der Waals surface area contributed by atoms with E-state index in [-0.39, 0.29) is 10.8 Å². The van der Waals surface area contributed by atoms with Crippen LogP contribution < -0.4 is 10.6 Å². The Labute approximate surface area is 254 Å². The Morgan fingerprint density at radius 2 is 1.00 bits per heavy atom. The molecule has 0 amide bonds. The van der Waals surface area contributed by atoms with Gasteiger partial charge in [0, 0.05) is 33.3 Å². The number of aryl methyl sites for hydroxylation is 1. The lowest BCUT2D eigenvalue weighted by atomic mass is 9.82. The summed E-state index contributed by atoms with van der Waals surface area (Å²) in [6.07, 6.45) is 0. The number of nitrogen functional groups attached to an aromatic ring is 1. The summed E-state index contributed by atoms with van der Waals surface area (Å²) < 4.78 is 0. The van der Waals surface area contributed by atoms with Gasteiger partial charge in [-0.05, 0) is 105 Å². The van der Waals surface area contributed by atoms with Crippen LogP contribution in [0.5, 0.6) is 0 Å². The first kappa shape index (κ1) is 25.9. The van der Waals surface area contributed by atoms with Crippen LogP contribution in [0.1, 0.15) is 55.5 Å². The molecule has 0 fully saturated rings. The maximum absolute atomic E-state index is 6.27. The smallest absolute Gasteiger partial charge is 0.0540 e. The molecule has 0 bridgehead atoms. The van der Waals surface area contributed by atoms with E-state index in [1.165, 1.54) is 72.2 Å². The van der Waals surface area contributed by atoms with Gasteiger partial charge in [-0.2, -0.15) is 0 Å². The van der Waals surface area contributed by atoms with E-state index in [2.05, 4.69) is 149 Å². The lowest BCUT2D eigenvalue weighted by Gasteiger charge is -2.30. The van der Waals surface area contributed by atoms with Crippen molar-refractivity contribution < 1.29 is 0 Å². The molecule has 0 aliphatic heterocycles. The molecule has 6 aromatic carbocycles. The highest BCUT2D eigenvalue weighted by Crippen LogP contribution is 2.53. The van der Waals surface area contributed by atoms with Crippen molar-refractivity contribution in [2.24, 2.45) is 0 Å². The summed E-state index contributed by atoms with van der Waals surface area (Å²) in [6, 6.07) is 42.6. The van der Waals surface area contributed by atoms with Gasteiger partial charge in [-0.25, -0.2) is 0 Å².